The Morgan fingerprint density at radius 3 is 2.68 bits per heavy atom. The van der Waals surface area contributed by atoms with Gasteiger partial charge in [0.2, 0.25) is 11.8 Å². The number of ether oxygens (including phenoxy) is 1. The van der Waals surface area contributed by atoms with E-state index < -0.39 is 6.04 Å². The number of carbonyl (C=O) groups is 3. The lowest BCUT2D eigenvalue weighted by Crippen LogP contribution is -2.42. The summed E-state index contributed by atoms with van der Waals surface area (Å²) >= 11 is 1.21. The number of para-hydroxylation sites is 2. The number of amidine groups is 2. The predicted molar refractivity (Wildman–Crippen MR) is 145 cm³/mol. The van der Waals surface area contributed by atoms with Crippen LogP contribution in [0.3, 0.4) is 0 Å². The Balaban J connectivity index is 1.41. The Morgan fingerprint density at radius 2 is 1.89 bits per heavy atom. The highest BCUT2D eigenvalue weighted by atomic mass is 32.2. The number of nitrogens with zero attached hydrogens (tertiary/aromatic N) is 3. The standard InChI is InChI=1S/C27H31N5O4S/c1-4-17(2)29-24(34)16-37-27-31-20-11-7-6-10-19(20)25-30-21(26(35)32(25)27)13-14-23(33)28-15-18-9-5-8-12-22(18)36-3/h5-12,17,21H,4,13-16H2,1-3H3,(H,28,33)(H,29,34)/t17-,21+/m0/s1. The van der Waals surface area contributed by atoms with Crippen LogP contribution in [-0.2, 0) is 20.9 Å². The van der Waals surface area contributed by atoms with Crippen molar-refractivity contribution >= 4 is 46.2 Å². The average molecular weight is 522 g/mol. The van der Waals surface area contributed by atoms with E-state index in [9.17, 15) is 14.4 Å². The summed E-state index contributed by atoms with van der Waals surface area (Å²) in [5, 5.41) is 6.24. The molecule has 4 rings (SSSR count). The van der Waals surface area contributed by atoms with Crippen molar-refractivity contribution in [3.8, 4) is 5.75 Å². The molecule has 194 valence electrons. The maximum atomic E-state index is 13.4. The van der Waals surface area contributed by atoms with Crippen LogP contribution in [0.25, 0.3) is 0 Å². The van der Waals surface area contributed by atoms with Gasteiger partial charge in [0.05, 0.1) is 18.6 Å². The van der Waals surface area contributed by atoms with Gasteiger partial charge in [-0.05, 0) is 38.0 Å². The number of methoxy groups -OCH3 is 1. The van der Waals surface area contributed by atoms with Crippen molar-refractivity contribution in [3.05, 3.63) is 59.7 Å². The number of benzene rings is 2. The Morgan fingerprint density at radius 1 is 1.14 bits per heavy atom. The molecule has 37 heavy (non-hydrogen) atoms. The molecule has 0 spiro atoms. The largest absolute Gasteiger partial charge is 0.496 e. The minimum atomic E-state index is -0.696. The minimum absolute atomic E-state index is 0.0752. The summed E-state index contributed by atoms with van der Waals surface area (Å²) in [6.07, 6.45) is 1.25. The Bertz CT molecular complexity index is 1240. The van der Waals surface area contributed by atoms with Gasteiger partial charge >= 0.3 is 0 Å². The second-order valence-electron chi connectivity index (χ2n) is 8.85. The van der Waals surface area contributed by atoms with Crippen LogP contribution < -0.4 is 15.4 Å². The van der Waals surface area contributed by atoms with Crippen molar-refractivity contribution in [1.82, 2.24) is 15.5 Å². The smallest absolute Gasteiger partial charge is 0.259 e. The third-order valence-corrected chi connectivity index (χ3v) is 7.15. The first kappa shape index (κ1) is 26.4. The van der Waals surface area contributed by atoms with Gasteiger partial charge < -0.3 is 15.4 Å². The molecule has 2 aromatic carbocycles. The van der Waals surface area contributed by atoms with Crippen LogP contribution in [0.15, 0.2) is 58.5 Å². The normalized spacial score (nSPS) is 16.8. The highest BCUT2D eigenvalue weighted by molar-refractivity contribution is 8.14. The Hall–Kier alpha value is -3.66. The number of aliphatic imine (C=N–C) groups is 2. The fourth-order valence-corrected chi connectivity index (χ4v) is 4.85. The number of hydrogen-bond donors (Lipinski definition) is 2. The average Bonchev–Trinajstić information content (AvgIpc) is 3.25. The van der Waals surface area contributed by atoms with Crippen LogP contribution in [0.1, 0.15) is 44.2 Å². The molecule has 0 saturated carbocycles. The van der Waals surface area contributed by atoms with Gasteiger partial charge in [0.1, 0.15) is 17.6 Å². The SMILES string of the molecule is CC[C@H](C)NC(=O)CSC1=Nc2ccccc2C2=N[C@H](CCC(=O)NCc3ccccc3OC)C(=O)N12. The number of hydrogen-bond acceptors (Lipinski definition) is 7. The molecule has 2 aromatic rings. The van der Waals surface area contributed by atoms with Crippen molar-refractivity contribution in [3.63, 3.8) is 0 Å². The topological polar surface area (TPSA) is 112 Å². The number of carbonyl (C=O) groups excluding carboxylic acids is 3. The molecule has 0 unspecified atom stereocenters. The number of fused-ring (bicyclic) bond motifs is 3. The molecule has 0 radical (unpaired) electrons. The number of thioether (sulfide) groups is 1. The molecule has 2 aliphatic rings. The molecule has 10 heteroatoms. The van der Waals surface area contributed by atoms with E-state index in [4.69, 9.17) is 4.74 Å². The van der Waals surface area contributed by atoms with E-state index in [1.165, 1.54) is 16.7 Å². The van der Waals surface area contributed by atoms with Crippen LogP contribution in [0.2, 0.25) is 0 Å². The van der Waals surface area contributed by atoms with Crippen molar-refractivity contribution in [1.29, 1.82) is 0 Å². The van der Waals surface area contributed by atoms with Crippen molar-refractivity contribution in [2.24, 2.45) is 9.98 Å². The molecule has 2 aliphatic heterocycles. The Labute approximate surface area is 220 Å². The summed E-state index contributed by atoms with van der Waals surface area (Å²) in [4.78, 5) is 49.1. The van der Waals surface area contributed by atoms with Gasteiger partial charge in [0.15, 0.2) is 5.17 Å². The minimum Gasteiger partial charge on any atom is -0.496 e. The summed E-state index contributed by atoms with van der Waals surface area (Å²) < 4.78 is 5.33. The van der Waals surface area contributed by atoms with Gasteiger partial charge in [0, 0.05) is 30.1 Å². The van der Waals surface area contributed by atoms with E-state index in [-0.39, 0.29) is 42.4 Å². The predicted octanol–water partition coefficient (Wildman–Crippen LogP) is 3.40. The second kappa shape index (κ2) is 12.1. The summed E-state index contributed by atoms with van der Waals surface area (Å²) in [5.74, 6) is 0.829. The number of nitrogens with one attached hydrogen (secondary N) is 2. The molecule has 0 aromatic heterocycles. The van der Waals surface area contributed by atoms with Gasteiger partial charge in [-0.3, -0.25) is 19.4 Å². The molecule has 2 heterocycles. The van der Waals surface area contributed by atoms with Crippen LogP contribution in [0, 0.1) is 0 Å². The molecule has 3 amide bonds. The van der Waals surface area contributed by atoms with Gasteiger partial charge in [-0.1, -0.05) is 49.0 Å². The highest BCUT2D eigenvalue weighted by Crippen LogP contribution is 2.34. The number of rotatable bonds is 10. The first-order valence-electron chi connectivity index (χ1n) is 12.3. The van der Waals surface area contributed by atoms with Crippen molar-refractivity contribution in [2.45, 2.75) is 51.7 Å². The molecule has 0 bridgehead atoms. The molecular formula is C27H31N5O4S. The monoisotopic (exact) mass is 521 g/mol. The fourth-order valence-electron chi connectivity index (χ4n) is 4.03. The summed E-state index contributed by atoms with van der Waals surface area (Å²) in [6.45, 7) is 4.29. The third-order valence-electron chi connectivity index (χ3n) is 6.21. The maximum absolute atomic E-state index is 13.4. The Kier molecular flexibility index (Phi) is 8.60. The number of amides is 3. The van der Waals surface area contributed by atoms with Crippen LogP contribution in [0.5, 0.6) is 5.75 Å². The van der Waals surface area contributed by atoms with Crippen molar-refractivity contribution in [2.75, 3.05) is 12.9 Å². The zero-order valence-corrected chi connectivity index (χ0v) is 22.0. The van der Waals surface area contributed by atoms with Crippen LogP contribution in [0.4, 0.5) is 5.69 Å². The summed E-state index contributed by atoms with van der Waals surface area (Å²) in [7, 11) is 1.59. The highest BCUT2D eigenvalue weighted by Gasteiger charge is 2.41. The second-order valence-corrected chi connectivity index (χ2v) is 9.79. The van der Waals surface area contributed by atoms with E-state index >= 15 is 0 Å². The van der Waals surface area contributed by atoms with Crippen LogP contribution >= 0.6 is 11.8 Å². The molecule has 0 aliphatic carbocycles. The third kappa shape index (κ3) is 6.19. The molecule has 2 N–H and O–H groups in total. The van der Waals surface area contributed by atoms with Gasteiger partial charge in [-0.2, -0.15) is 0 Å². The molecule has 0 saturated heterocycles. The lowest BCUT2D eigenvalue weighted by atomic mass is 10.1. The maximum Gasteiger partial charge on any atom is 0.259 e. The molecular weight excluding hydrogens is 490 g/mol. The van der Waals surface area contributed by atoms with Gasteiger partial charge in [-0.25, -0.2) is 9.89 Å². The lowest BCUT2D eigenvalue weighted by molar-refractivity contribution is -0.125. The van der Waals surface area contributed by atoms with Gasteiger partial charge in [0.25, 0.3) is 5.91 Å². The van der Waals surface area contributed by atoms with E-state index in [0.29, 0.717) is 29.0 Å². The van der Waals surface area contributed by atoms with E-state index in [1.807, 2.05) is 62.4 Å². The van der Waals surface area contributed by atoms with Gasteiger partial charge in [-0.15, -0.1) is 0 Å². The summed E-state index contributed by atoms with van der Waals surface area (Å²) in [6, 6.07) is 14.3. The fraction of sp³-hybridized carbons (Fsp3) is 0.370. The zero-order chi connectivity index (χ0) is 26.4. The summed E-state index contributed by atoms with van der Waals surface area (Å²) in [5.41, 5.74) is 2.33. The molecule has 9 nitrogen and oxygen atoms in total. The van der Waals surface area contributed by atoms with E-state index in [0.717, 1.165) is 17.5 Å². The molecule has 0 fully saturated rings. The van der Waals surface area contributed by atoms with Crippen LogP contribution in [-0.4, -0.2) is 58.6 Å². The quantitative estimate of drug-likeness (QED) is 0.498. The zero-order valence-electron chi connectivity index (χ0n) is 21.2. The van der Waals surface area contributed by atoms with E-state index in [2.05, 4.69) is 20.6 Å². The molecule has 2 atom stereocenters. The first-order chi connectivity index (χ1) is 17.9. The van der Waals surface area contributed by atoms with E-state index in [1.54, 1.807) is 7.11 Å². The van der Waals surface area contributed by atoms with Crippen molar-refractivity contribution < 1.29 is 19.1 Å². The first-order valence-corrected chi connectivity index (χ1v) is 13.3. The lowest BCUT2D eigenvalue weighted by Gasteiger charge is -2.25.